The van der Waals surface area contributed by atoms with Gasteiger partial charge in [0.05, 0.1) is 11.7 Å². The van der Waals surface area contributed by atoms with E-state index < -0.39 is 0 Å². The highest BCUT2D eigenvalue weighted by Gasteiger charge is 2.28. The van der Waals surface area contributed by atoms with E-state index in [0.29, 0.717) is 12.5 Å². The van der Waals surface area contributed by atoms with Crippen LogP contribution in [0.15, 0.2) is 24.4 Å². The van der Waals surface area contributed by atoms with Crippen molar-refractivity contribution < 1.29 is 5.11 Å². The Hall–Kier alpha value is -0.970. The Morgan fingerprint density at radius 3 is 3.06 bits per heavy atom. The van der Waals surface area contributed by atoms with Crippen molar-refractivity contribution in [3.63, 3.8) is 0 Å². The van der Waals surface area contributed by atoms with Gasteiger partial charge in [0.2, 0.25) is 0 Å². The van der Waals surface area contributed by atoms with Gasteiger partial charge in [-0.3, -0.25) is 9.88 Å². The van der Waals surface area contributed by atoms with Crippen molar-refractivity contribution in [2.45, 2.75) is 18.9 Å². The van der Waals surface area contributed by atoms with Crippen molar-refractivity contribution in [2.24, 2.45) is 11.7 Å². The predicted octanol–water partition coefficient (Wildman–Crippen LogP) is 0.786. The second-order valence-corrected chi connectivity index (χ2v) is 4.67. The smallest absolute Gasteiger partial charge is 0.0644 e. The minimum atomic E-state index is 0.222. The molecule has 0 aliphatic carbocycles. The Morgan fingerprint density at radius 1 is 1.53 bits per heavy atom. The predicted molar refractivity (Wildman–Crippen MR) is 67.4 cm³/mol. The van der Waals surface area contributed by atoms with Gasteiger partial charge >= 0.3 is 0 Å². The van der Waals surface area contributed by atoms with Crippen molar-refractivity contribution in [1.82, 2.24) is 9.88 Å². The lowest BCUT2D eigenvalue weighted by Crippen LogP contribution is -2.32. The minimum Gasteiger partial charge on any atom is -0.396 e. The first-order valence-corrected chi connectivity index (χ1v) is 6.31. The lowest BCUT2D eigenvalue weighted by Gasteiger charge is -2.26. The third-order valence-electron chi connectivity index (χ3n) is 3.55. The van der Waals surface area contributed by atoms with Crippen LogP contribution in [0, 0.1) is 5.92 Å². The van der Waals surface area contributed by atoms with Crippen LogP contribution >= 0.6 is 0 Å². The van der Waals surface area contributed by atoms with Crippen LogP contribution in [-0.2, 0) is 0 Å². The van der Waals surface area contributed by atoms with Gasteiger partial charge in [-0.05, 0) is 37.4 Å². The molecule has 0 bridgehead atoms. The molecule has 1 aliphatic heterocycles. The minimum absolute atomic E-state index is 0.222. The molecule has 2 heterocycles. The molecule has 2 unspecified atom stereocenters. The second kappa shape index (κ2) is 6.10. The summed E-state index contributed by atoms with van der Waals surface area (Å²) in [5.41, 5.74) is 6.93. The van der Waals surface area contributed by atoms with Gasteiger partial charge in [0, 0.05) is 25.9 Å². The Kier molecular flexibility index (Phi) is 4.48. The fourth-order valence-corrected chi connectivity index (χ4v) is 2.59. The molecule has 4 nitrogen and oxygen atoms in total. The largest absolute Gasteiger partial charge is 0.396 e. The number of pyridine rings is 1. The summed E-state index contributed by atoms with van der Waals surface area (Å²) in [7, 11) is 0. The lowest BCUT2D eigenvalue weighted by atomic mass is 10.1. The summed E-state index contributed by atoms with van der Waals surface area (Å²) in [6.07, 6.45) is 3.87. The van der Waals surface area contributed by atoms with Crippen LogP contribution in [0.2, 0.25) is 0 Å². The Bertz CT molecular complexity index is 331. The van der Waals surface area contributed by atoms with E-state index in [-0.39, 0.29) is 12.6 Å². The molecule has 1 aromatic heterocycles. The molecular weight excluding hydrogens is 214 g/mol. The first kappa shape index (κ1) is 12.5. The standard InChI is InChI=1S/C13H21N3O/c14-9-13(12-3-1-2-6-15-12)16-7-4-11(10-16)5-8-17/h1-3,6,11,13,17H,4-5,7-10,14H2. The maximum Gasteiger partial charge on any atom is 0.0644 e. The SMILES string of the molecule is NCC(c1ccccn1)N1CCC(CCO)C1. The van der Waals surface area contributed by atoms with Crippen LogP contribution in [0.3, 0.4) is 0 Å². The van der Waals surface area contributed by atoms with Crippen LogP contribution in [-0.4, -0.2) is 41.2 Å². The monoisotopic (exact) mass is 235 g/mol. The summed E-state index contributed by atoms with van der Waals surface area (Å²) in [6, 6.07) is 6.19. The van der Waals surface area contributed by atoms with Crippen LogP contribution in [0.1, 0.15) is 24.6 Å². The maximum atomic E-state index is 8.97. The highest BCUT2D eigenvalue weighted by atomic mass is 16.3. The van der Waals surface area contributed by atoms with Crippen molar-refractivity contribution >= 4 is 0 Å². The number of hydrogen-bond donors (Lipinski definition) is 2. The molecule has 3 N–H and O–H groups in total. The maximum absolute atomic E-state index is 8.97. The molecule has 2 atom stereocenters. The highest BCUT2D eigenvalue weighted by Crippen LogP contribution is 2.27. The van der Waals surface area contributed by atoms with Crippen LogP contribution < -0.4 is 5.73 Å². The molecule has 94 valence electrons. The number of aliphatic hydroxyl groups is 1. The summed E-state index contributed by atoms with van der Waals surface area (Å²) in [4.78, 5) is 6.79. The molecule has 1 aromatic rings. The zero-order chi connectivity index (χ0) is 12.1. The number of hydrogen-bond acceptors (Lipinski definition) is 4. The van der Waals surface area contributed by atoms with E-state index in [0.717, 1.165) is 31.6 Å². The summed E-state index contributed by atoms with van der Waals surface area (Å²) in [5.74, 6) is 0.609. The molecule has 4 heteroatoms. The number of rotatable bonds is 5. The van der Waals surface area contributed by atoms with Crippen molar-refractivity contribution in [3.05, 3.63) is 30.1 Å². The van der Waals surface area contributed by atoms with Crippen molar-refractivity contribution in [2.75, 3.05) is 26.2 Å². The number of aliphatic hydroxyl groups excluding tert-OH is 1. The van der Waals surface area contributed by atoms with Gasteiger partial charge in [0.1, 0.15) is 0 Å². The van der Waals surface area contributed by atoms with Crippen molar-refractivity contribution in [3.8, 4) is 0 Å². The number of nitrogens with zero attached hydrogens (tertiary/aromatic N) is 2. The first-order valence-electron chi connectivity index (χ1n) is 6.31. The van der Waals surface area contributed by atoms with E-state index in [1.54, 1.807) is 0 Å². The van der Waals surface area contributed by atoms with E-state index in [2.05, 4.69) is 9.88 Å². The van der Waals surface area contributed by atoms with E-state index in [9.17, 15) is 0 Å². The summed E-state index contributed by atoms with van der Waals surface area (Å²) >= 11 is 0. The zero-order valence-corrected chi connectivity index (χ0v) is 10.1. The van der Waals surface area contributed by atoms with Crippen LogP contribution in [0.4, 0.5) is 0 Å². The Labute approximate surface area is 102 Å². The lowest BCUT2D eigenvalue weighted by molar-refractivity contribution is 0.220. The molecule has 0 spiro atoms. The second-order valence-electron chi connectivity index (χ2n) is 4.67. The average molecular weight is 235 g/mol. The van der Waals surface area contributed by atoms with Gasteiger partial charge in [-0.2, -0.15) is 0 Å². The highest BCUT2D eigenvalue weighted by molar-refractivity contribution is 5.10. The number of aromatic nitrogens is 1. The molecule has 0 saturated carbocycles. The van der Waals surface area contributed by atoms with Gasteiger partial charge in [-0.15, -0.1) is 0 Å². The van der Waals surface area contributed by atoms with E-state index >= 15 is 0 Å². The van der Waals surface area contributed by atoms with Gasteiger partial charge in [0.15, 0.2) is 0 Å². The van der Waals surface area contributed by atoms with Gasteiger partial charge in [-0.1, -0.05) is 6.07 Å². The summed E-state index contributed by atoms with van der Waals surface area (Å²) < 4.78 is 0. The van der Waals surface area contributed by atoms with E-state index in [1.165, 1.54) is 0 Å². The molecule has 2 rings (SSSR count). The third kappa shape index (κ3) is 3.03. The molecule has 17 heavy (non-hydrogen) atoms. The Balaban J connectivity index is 2.01. The average Bonchev–Trinajstić information content (AvgIpc) is 2.81. The van der Waals surface area contributed by atoms with Crippen LogP contribution in [0.5, 0.6) is 0 Å². The third-order valence-corrected chi connectivity index (χ3v) is 3.55. The van der Waals surface area contributed by atoms with E-state index in [4.69, 9.17) is 10.8 Å². The fourth-order valence-electron chi connectivity index (χ4n) is 2.59. The zero-order valence-electron chi connectivity index (χ0n) is 10.1. The van der Waals surface area contributed by atoms with Gasteiger partial charge in [-0.25, -0.2) is 0 Å². The molecule has 1 aliphatic rings. The van der Waals surface area contributed by atoms with Crippen LogP contribution in [0.25, 0.3) is 0 Å². The quantitative estimate of drug-likeness (QED) is 0.792. The molecule has 1 saturated heterocycles. The molecule has 1 fully saturated rings. The van der Waals surface area contributed by atoms with Crippen molar-refractivity contribution in [1.29, 1.82) is 0 Å². The number of nitrogens with two attached hydrogens (primary N) is 1. The first-order chi connectivity index (χ1) is 8.35. The number of likely N-dealkylation sites (tertiary alicyclic amines) is 1. The molecule has 0 amide bonds. The Morgan fingerprint density at radius 2 is 2.41 bits per heavy atom. The van der Waals surface area contributed by atoms with E-state index in [1.807, 2.05) is 24.4 Å². The normalized spacial score (nSPS) is 22.8. The topological polar surface area (TPSA) is 62.4 Å². The molecular formula is C13H21N3O. The summed E-state index contributed by atoms with van der Waals surface area (Å²) in [5, 5.41) is 8.97. The van der Waals surface area contributed by atoms with Gasteiger partial charge in [0.25, 0.3) is 0 Å². The molecule has 0 radical (unpaired) electrons. The molecule has 0 aromatic carbocycles. The summed E-state index contributed by atoms with van der Waals surface area (Å²) in [6.45, 7) is 2.97. The van der Waals surface area contributed by atoms with Gasteiger partial charge < -0.3 is 10.8 Å². The fraction of sp³-hybridized carbons (Fsp3) is 0.615.